The lowest BCUT2D eigenvalue weighted by molar-refractivity contribution is -0.148. The Labute approximate surface area is 111 Å². The van der Waals surface area contributed by atoms with Crippen LogP contribution < -0.4 is 16.6 Å². The number of hydrogen-bond acceptors (Lipinski definition) is 5. The third kappa shape index (κ3) is 2.64. The predicted molar refractivity (Wildman–Crippen MR) is 68.6 cm³/mol. The van der Waals surface area contributed by atoms with Crippen LogP contribution in [0.2, 0.25) is 5.02 Å². The summed E-state index contributed by atoms with van der Waals surface area (Å²) in [5.74, 6) is -0.756. The number of benzene rings is 1. The number of halogens is 1. The summed E-state index contributed by atoms with van der Waals surface area (Å²) in [7, 11) is 0. The summed E-state index contributed by atoms with van der Waals surface area (Å²) < 4.78 is 5.05. The zero-order valence-electron chi connectivity index (χ0n) is 10.0. The fourth-order valence-electron chi connectivity index (χ4n) is 2.05. The van der Waals surface area contributed by atoms with Crippen molar-refractivity contribution >= 4 is 17.6 Å². The molecule has 4 N–H and O–H groups in total. The van der Waals surface area contributed by atoms with Crippen LogP contribution in [0.25, 0.3) is 0 Å². The molecule has 18 heavy (non-hydrogen) atoms. The quantitative estimate of drug-likeness (QED) is 0.713. The average molecular weight is 270 g/mol. The van der Waals surface area contributed by atoms with Crippen LogP contribution in [0.3, 0.4) is 0 Å². The van der Waals surface area contributed by atoms with E-state index in [1.54, 1.807) is 19.1 Å². The van der Waals surface area contributed by atoms with E-state index in [9.17, 15) is 4.79 Å². The highest BCUT2D eigenvalue weighted by molar-refractivity contribution is 6.30. The van der Waals surface area contributed by atoms with Gasteiger partial charge in [0.15, 0.2) is 0 Å². The van der Waals surface area contributed by atoms with E-state index < -0.39 is 12.1 Å². The van der Waals surface area contributed by atoms with E-state index >= 15 is 0 Å². The molecule has 0 amide bonds. The minimum atomic E-state index is -0.468. The van der Waals surface area contributed by atoms with Crippen molar-refractivity contribution in [2.45, 2.75) is 19.1 Å². The summed E-state index contributed by atoms with van der Waals surface area (Å²) in [6.45, 7) is 2.12. The standard InChI is InChI=1S/C12H16ClN3O2/c1-2-18-12(17)9-10(15-16-11(9)14)7-3-5-8(13)6-4-7/h3-6,9-11,15-16H,2,14H2,1H3. The summed E-state index contributed by atoms with van der Waals surface area (Å²) in [4.78, 5) is 11.9. The van der Waals surface area contributed by atoms with Crippen LogP contribution in [0.5, 0.6) is 0 Å². The summed E-state index contributed by atoms with van der Waals surface area (Å²) in [5, 5.41) is 0.654. The van der Waals surface area contributed by atoms with Crippen molar-refractivity contribution < 1.29 is 9.53 Å². The second kappa shape index (κ2) is 5.67. The van der Waals surface area contributed by atoms with Crippen molar-refractivity contribution in [3.63, 3.8) is 0 Å². The number of ether oxygens (including phenoxy) is 1. The molecule has 2 rings (SSSR count). The molecule has 1 aliphatic rings. The van der Waals surface area contributed by atoms with Crippen molar-refractivity contribution in [3.8, 4) is 0 Å². The van der Waals surface area contributed by atoms with Crippen molar-refractivity contribution in [3.05, 3.63) is 34.9 Å². The smallest absolute Gasteiger partial charge is 0.313 e. The van der Waals surface area contributed by atoms with E-state index in [0.29, 0.717) is 11.6 Å². The van der Waals surface area contributed by atoms with Gasteiger partial charge in [-0.1, -0.05) is 23.7 Å². The predicted octanol–water partition coefficient (Wildman–Crippen LogP) is 0.953. The van der Waals surface area contributed by atoms with Crippen molar-refractivity contribution in [2.75, 3.05) is 6.61 Å². The van der Waals surface area contributed by atoms with Gasteiger partial charge >= 0.3 is 5.97 Å². The van der Waals surface area contributed by atoms with Gasteiger partial charge in [0.25, 0.3) is 0 Å². The molecule has 0 aromatic heterocycles. The first kappa shape index (κ1) is 13.3. The Morgan fingerprint density at radius 3 is 2.67 bits per heavy atom. The molecule has 0 saturated carbocycles. The molecule has 1 aromatic carbocycles. The van der Waals surface area contributed by atoms with Gasteiger partial charge in [0.2, 0.25) is 0 Å². The van der Waals surface area contributed by atoms with Crippen molar-refractivity contribution in [2.24, 2.45) is 11.7 Å². The van der Waals surface area contributed by atoms with Crippen molar-refractivity contribution in [1.82, 2.24) is 10.9 Å². The van der Waals surface area contributed by atoms with Crippen LogP contribution in [-0.2, 0) is 9.53 Å². The molecule has 1 aliphatic heterocycles. The van der Waals surface area contributed by atoms with Gasteiger partial charge in [-0.3, -0.25) is 4.79 Å². The summed E-state index contributed by atoms with van der Waals surface area (Å²) >= 11 is 5.84. The van der Waals surface area contributed by atoms with E-state index in [0.717, 1.165) is 5.56 Å². The second-order valence-electron chi connectivity index (χ2n) is 4.12. The third-order valence-corrected chi connectivity index (χ3v) is 3.19. The first-order valence-electron chi connectivity index (χ1n) is 5.82. The summed E-state index contributed by atoms with van der Waals surface area (Å²) in [6, 6.07) is 7.09. The van der Waals surface area contributed by atoms with Crippen LogP contribution in [-0.4, -0.2) is 18.7 Å². The average Bonchev–Trinajstić information content (AvgIpc) is 2.72. The molecule has 1 aromatic rings. The lowest BCUT2D eigenvalue weighted by Crippen LogP contribution is -2.42. The minimum Gasteiger partial charge on any atom is -0.466 e. The van der Waals surface area contributed by atoms with Crippen molar-refractivity contribution in [1.29, 1.82) is 0 Å². The maximum Gasteiger partial charge on any atom is 0.313 e. The van der Waals surface area contributed by atoms with Gasteiger partial charge in [0, 0.05) is 5.02 Å². The summed E-state index contributed by atoms with van der Waals surface area (Å²) in [5.41, 5.74) is 12.7. The lowest BCUT2D eigenvalue weighted by atomic mass is 9.93. The largest absolute Gasteiger partial charge is 0.466 e. The molecule has 3 atom stereocenters. The summed E-state index contributed by atoms with van der Waals surface area (Å²) in [6.07, 6.45) is -0.468. The Morgan fingerprint density at radius 2 is 2.06 bits per heavy atom. The molecule has 0 radical (unpaired) electrons. The monoisotopic (exact) mass is 269 g/mol. The molecule has 0 spiro atoms. The minimum absolute atomic E-state index is 0.212. The van der Waals surface area contributed by atoms with Gasteiger partial charge in [-0.05, 0) is 24.6 Å². The Morgan fingerprint density at radius 1 is 1.39 bits per heavy atom. The molecule has 3 unspecified atom stereocenters. The fraction of sp³-hybridized carbons (Fsp3) is 0.417. The number of hydrazine groups is 1. The number of nitrogens with two attached hydrogens (primary N) is 1. The van der Waals surface area contributed by atoms with E-state index in [1.165, 1.54) is 0 Å². The van der Waals surface area contributed by atoms with Crippen LogP contribution >= 0.6 is 11.6 Å². The highest BCUT2D eigenvalue weighted by Gasteiger charge is 2.40. The van der Waals surface area contributed by atoms with Crippen LogP contribution in [0.1, 0.15) is 18.5 Å². The molecule has 1 heterocycles. The fourth-order valence-corrected chi connectivity index (χ4v) is 2.18. The molecular formula is C12H16ClN3O2. The first-order chi connectivity index (χ1) is 8.63. The lowest BCUT2D eigenvalue weighted by Gasteiger charge is -2.19. The Balaban J connectivity index is 2.20. The topological polar surface area (TPSA) is 76.4 Å². The molecule has 0 bridgehead atoms. The van der Waals surface area contributed by atoms with E-state index in [4.69, 9.17) is 22.1 Å². The number of nitrogens with one attached hydrogen (secondary N) is 2. The molecule has 1 saturated heterocycles. The highest BCUT2D eigenvalue weighted by Crippen LogP contribution is 2.28. The van der Waals surface area contributed by atoms with Crippen LogP contribution in [0.4, 0.5) is 0 Å². The molecule has 0 aliphatic carbocycles. The molecular weight excluding hydrogens is 254 g/mol. The van der Waals surface area contributed by atoms with E-state index in [1.807, 2.05) is 12.1 Å². The van der Waals surface area contributed by atoms with Gasteiger partial charge < -0.3 is 10.5 Å². The number of carbonyl (C=O) groups excluding carboxylic acids is 1. The van der Waals surface area contributed by atoms with Gasteiger partial charge in [0.1, 0.15) is 5.92 Å². The molecule has 98 valence electrons. The van der Waals surface area contributed by atoms with Gasteiger partial charge in [-0.25, -0.2) is 10.9 Å². The first-order valence-corrected chi connectivity index (χ1v) is 6.20. The van der Waals surface area contributed by atoms with Gasteiger partial charge in [0.05, 0.1) is 18.8 Å². The number of carbonyl (C=O) groups is 1. The zero-order chi connectivity index (χ0) is 13.1. The molecule has 6 heteroatoms. The number of esters is 1. The Hall–Kier alpha value is -1.14. The maximum atomic E-state index is 11.9. The molecule has 1 fully saturated rings. The Bertz CT molecular complexity index is 424. The number of rotatable bonds is 3. The van der Waals surface area contributed by atoms with Crippen LogP contribution in [0.15, 0.2) is 24.3 Å². The highest BCUT2D eigenvalue weighted by atomic mass is 35.5. The molecule has 5 nitrogen and oxygen atoms in total. The maximum absolute atomic E-state index is 11.9. The Kier molecular flexibility index (Phi) is 4.19. The number of hydrogen-bond donors (Lipinski definition) is 3. The van der Waals surface area contributed by atoms with E-state index in [-0.39, 0.29) is 12.0 Å². The zero-order valence-corrected chi connectivity index (χ0v) is 10.8. The van der Waals surface area contributed by atoms with E-state index in [2.05, 4.69) is 10.9 Å². The SMILES string of the molecule is CCOC(=O)C1C(N)NNC1c1ccc(Cl)cc1. The third-order valence-electron chi connectivity index (χ3n) is 2.94. The van der Waals surface area contributed by atoms with Gasteiger partial charge in [-0.2, -0.15) is 0 Å². The van der Waals surface area contributed by atoms with Crippen LogP contribution in [0, 0.1) is 5.92 Å². The second-order valence-corrected chi connectivity index (χ2v) is 4.56. The van der Waals surface area contributed by atoms with Gasteiger partial charge in [-0.15, -0.1) is 0 Å². The normalized spacial score (nSPS) is 27.2.